The minimum atomic E-state index is 0.554. The average molecular weight is 793 g/mol. The third-order valence-electron chi connectivity index (χ3n) is 11.5. The van der Waals surface area contributed by atoms with E-state index in [9.17, 15) is 21.0 Å². The SMILES string of the molecule is N#Cc1ccc(N(c2ccc(C#N)cc2)c2cc3oc4ccc5oc6cc(N(c7ccc(C#N)cc7)c7ccc(C#N)cc7)c7ccccc7c6c5c4c3c3ccccc23)cc1. The lowest BCUT2D eigenvalue weighted by Gasteiger charge is -2.27. The van der Waals surface area contributed by atoms with Crippen LogP contribution in [0.3, 0.4) is 0 Å². The lowest BCUT2D eigenvalue weighted by Crippen LogP contribution is -2.10. The number of fused-ring (bicyclic) bond motifs is 11. The van der Waals surface area contributed by atoms with Gasteiger partial charge in [0.2, 0.25) is 0 Å². The van der Waals surface area contributed by atoms with Crippen molar-refractivity contribution in [3.05, 3.63) is 192 Å². The number of nitrogens with zero attached hydrogens (tertiary/aromatic N) is 6. The van der Waals surface area contributed by atoms with Gasteiger partial charge in [-0.2, -0.15) is 21.0 Å². The fourth-order valence-electron chi connectivity index (χ4n) is 8.77. The Morgan fingerprint density at radius 2 is 0.597 bits per heavy atom. The van der Waals surface area contributed by atoms with Crippen LogP contribution in [-0.2, 0) is 0 Å². The highest BCUT2D eigenvalue weighted by Crippen LogP contribution is 2.50. The number of hydrogen-bond donors (Lipinski definition) is 0. The largest absolute Gasteiger partial charge is 0.456 e. The van der Waals surface area contributed by atoms with Crippen LogP contribution in [0.4, 0.5) is 34.1 Å². The number of rotatable bonds is 6. The molecule has 0 fully saturated rings. The van der Waals surface area contributed by atoms with Gasteiger partial charge in [0.05, 0.1) is 57.9 Å². The van der Waals surface area contributed by atoms with E-state index in [1.807, 2.05) is 84.9 Å². The summed E-state index contributed by atoms with van der Waals surface area (Å²) in [6.45, 7) is 0. The summed E-state index contributed by atoms with van der Waals surface area (Å²) >= 11 is 0. The molecule has 11 aromatic rings. The second-order valence-electron chi connectivity index (χ2n) is 15.0. The molecule has 62 heavy (non-hydrogen) atoms. The van der Waals surface area contributed by atoms with Crippen molar-refractivity contribution >= 4 is 99.5 Å². The maximum atomic E-state index is 9.60. The van der Waals surface area contributed by atoms with Gasteiger partial charge in [-0.1, -0.05) is 48.5 Å². The van der Waals surface area contributed by atoms with Gasteiger partial charge in [-0.3, -0.25) is 0 Å². The zero-order valence-corrected chi connectivity index (χ0v) is 32.7. The van der Waals surface area contributed by atoms with Gasteiger partial charge in [0, 0.05) is 67.2 Å². The molecule has 0 aliphatic heterocycles. The lowest BCUT2D eigenvalue weighted by molar-refractivity contribution is 0.663. The van der Waals surface area contributed by atoms with E-state index >= 15 is 0 Å². The van der Waals surface area contributed by atoms with Crippen molar-refractivity contribution in [2.24, 2.45) is 0 Å². The predicted octanol–water partition coefficient (Wildman–Crippen LogP) is 14.2. The minimum absolute atomic E-state index is 0.554. The Bertz CT molecular complexity index is 3410. The zero-order valence-electron chi connectivity index (χ0n) is 32.7. The van der Waals surface area contributed by atoms with Crippen LogP contribution in [0.1, 0.15) is 22.3 Å². The summed E-state index contributed by atoms with van der Waals surface area (Å²) in [6.07, 6.45) is 0. The van der Waals surface area contributed by atoms with Gasteiger partial charge in [0.15, 0.2) is 0 Å². The first-order valence-corrected chi connectivity index (χ1v) is 19.8. The van der Waals surface area contributed by atoms with E-state index in [1.165, 1.54) is 0 Å². The average Bonchev–Trinajstić information content (AvgIpc) is 3.91. The van der Waals surface area contributed by atoms with Crippen molar-refractivity contribution in [3.63, 3.8) is 0 Å². The van der Waals surface area contributed by atoms with E-state index < -0.39 is 0 Å². The van der Waals surface area contributed by atoms with Crippen molar-refractivity contribution in [3.8, 4) is 24.3 Å². The van der Waals surface area contributed by atoms with Gasteiger partial charge in [-0.15, -0.1) is 0 Å². The number of nitriles is 4. The topological polar surface area (TPSA) is 128 Å². The fourth-order valence-corrected chi connectivity index (χ4v) is 8.77. The molecule has 9 aromatic carbocycles. The van der Waals surface area contributed by atoms with Crippen LogP contribution in [0.5, 0.6) is 0 Å². The maximum absolute atomic E-state index is 9.60. The molecule has 0 saturated heterocycles. The number of anilines is 6. The van der Waals surface area contributed by atoms with E-state index in [-0.39, 0.29) is 0 Å². The maximum Gasteiger partial charge on any atom is 0.138 e. The summed E-state index contributed by atoms with van der Waals surface area (Å²) in [5.74, 6) is 0. The molecular weight excluding hydrogens is 765 g/mol. The van der Waals surface area contributed by atoms with Gasteiger partial charge in [0.25, 0.3) is 0 Å². The molecule has 286 valence electrons. The molecule has 0 amide bonds. The van der Waals surface area contributed by atoms with Gasteiger partial charge in [-0.25, -0.2) is 0 Å². The molecule has 8 heteroatoms. The van der Waals surface area contributed by atoms with E-state index in [4.69, 9.17) is 8.83 Å². The molecule has 0 saturated carbocycles. The van der Waals surface area contributed by atoms with Gasteiger partial charge in [-0.05, 0) is 120 Å². The van der Waals surface area contributed by atoms with Crippen LogP contribution < -0.4 is 9.80 Å². The first-order chi connectivity index (χ1) is 30.5. The lowest BCUT2D eigenvalue weighted by atomic mass is 9.96. The molecule has 0 radical (unpaired) electrons. The standard InChI is InChI=1S/C54H28N6O2/c55-29-33-9-17-37(18-10-33)59(38-19-11-34(30-56)12-20-38)45-27-49-51(43-7-3-1-5-41(43)45)53-47(61-49)25-26-48-54(53)52-44-8-4-2-6-42(44)46(28-50(52)62-48)60(39-21-13-35(31-57)14-22-39)40-23-15-36(32-58)16-24-40/h1-28H. The second-order valence-corrected chi connectivity index (χ2v) is 15.0. The molecule has 2 heterocycles. The van der Waals surface area contributed by atoms with Crippen LogP contribution in [0, 0.1) is 45.3 Å². The van der Waals surface area contributed by atoms with Crippen LogP contribution in [0.25, 0.3) is 65.4 Å². The summed E-state index contributed by atoms with van der Waals surface area (Å²) in [5, 5.41) is 46.1. The summed E-state index contributed by atoms with van der Waals surface area (Å²) < 4.78 is 13.7. The van der Waals surface area contributed by atoms with Crippen molar-refractivity contribution in [1.82, 2.24) is 0 Å². The number of furan rings is 2. The van der Waals surface area contributed by atoms with Crippen LogP contribution in [0.2, 0.25) is 0 Å². The van der Waals surface area contributed by atoms with E-state index in [2.05, 4.69) is 70.5 Å². The molecule has 0 unspecified atom stereocenters. The Morgan fingerprint density at radius 1 is 0.306 bits per heavy atom. The Labute approximate surface area is 354 Å². The van der Waals surface area contributed by atoms with Crippen molar-refractivity contribution in [2.75, 3.05) is 9.80 Å². The smallest absolute Gasteiger partial charge is 0.138 e. The molecule has 2 aromatic heterocycles. The van der Waals surface area contributed by atoms with Gasteiger partial charge >= 0.3 is 0 Å². The summed E-state index contributed by atoms with van der Waals surface area (Å²) in [4.78, 5) is 4.26. The molecule has 0 aliphatic rings. The van der Waals surface area contributed by atoms with Crippen molar-refractivity contribution in [2.45, 2.75) is 0 Å². The van der Waals surface area contributed by atoms with Gasteiger partial charge in [0.1, 0.15) is 22.3 Å². The normalized spacial score (nSPS) is 11.2. The summed E-state index contributed by atoms with van der Waals surface area (Å²) in [7, 11) is 0. The Hall–Kier alpha value is -9.34. The first kappa shape index (κ1) is 35.8. The minimum Gasteiger partial charge on any atom is -0.456 e. The number of benzene rings is 9. The van der Waals surface area contributed by atoms with Crippen LogP contribution >= 0.6 is 0 Å². The highest BCUT2D eigenvalue weighted by Gasteiger charge is 2.25. The van der Waals surface area contributed by atoms with Crippen LogP contribution in [-0.4, -0.2) is 0 Å². The highest BCUT2D eigenvalue weighted by atomic mass is 16.3. The Morgan fingerprint density at radius 3 is 0.887 bits per heavy atom. The Balaban J connectivity index is 1.19. The summed E-state index contributed by atoms with van der Waals surface area (Å²) in [6, 6.07) is 63.4. The Kier molecular flexibility index (Phi) is 8.19. The van der Waals surface area contributed by atoms with Crippen molar-refractivity contribution < 1.29 is 8.83 Å². The highest BCUT2D eigenvalue weighted by molar-refractivity contribution is 6.35. The second kappa shape index (κ2) is 14.2. The molecule has 11 rings (SSSR count). The van der Waals surface area contributed by atoms with E-state index in [0.29, 0.717) is 44.6 Å². The summed E-state index contributed by atoms with van der Waals surface area (Å²) in [5.41, 5.74) is 10.1. The molecule has 0 aliphatic carbocycles. The quantitative estimate of drug-likeness (QED) is 0.163. The monoisotopic (exact) mass is 792 g/mol. The molecule has 0 bridgehead atoms. The van der Waals surface area contributed by atoms with Crippen molar-refractivity contribution in [1.29, 1.82) is 21.0 Å². The van der Waals surface area contributed by atoms with E-state index in [1.54, 1.807) is 48.5 Å². The molecule has 8 nitrogen and oxygen atoms in total. The predicted molar refractivity (Wildman–Crippen MR) is 244 cm³/mol. The third kappa shape index (κ3) is 5.58. The molecule has 0 atom stereocenters. The fraction of sp³-hybridized carbons (Fsp3) is 0. The van der Waals surface area contributed by atoms with E-state index in [0.717, 1.165) is 77.2 Å². The van der Waals surface area contributed by atoms with Gasteiger partial charge < -0.3 is 18.6 Å². The van der Waals surface area contributed by atoms with Crippen LogP contribution in [0.15, 0.2) is 179 Å². The zero-order chi connectivity index (χ0) is 41.9. The number of hydrogen-bond acceptors (Lipinski definition) is 8. The molecule has 0 spiro atoms. The molecular formula is C54H28N6O2. The molecule has 0 N–H and O–H groups in total. The first-order valence-electron chi connectivity index (χ1n) is 19.8. The third-order valence-corrected chi connectivity index (χ3v) is 11.5.